The number of hydrogen-bond donors (Lipinski definition) is 2. The molecule has 0 saturated carbocycles. The minimum absolute atomic E-state index is 0.0157. The van der Waals surface area contributed by atoms with Crippen LogP contribution >= 0.6 is 11.8 Å². The van der Waals surface area contributed by atoms with Gasteiger partial charge in [0.05, 0.1) is 5.75 Å². The Morgan fingerprint density at radius 1 is 1.47 bits per heavy atom. The second-order valence-corrected chi connectivity index (χ2v) is 4.67. The third-order valence-corrected chi connectivity index (χ3v) is 3.07. The number of thioether (sulfide) groups is 1. The van der Waals surface area contributed by atoms with E-state index < -0.39 is 23.2 Å². The van der Waals surface area contributed by atoms with Crippen LogP contribution in [0.5, 0.6) is 0 Å². The summed E-state index contributed by atoms with van der Waals surface area (Å²) in [5, 5.41) is 2.20. The van der Waals surface area contributed by atoms with Crippen LogP contribution in [-0.4, -0.2) is 23.5 Å². The molecule has 1 atom stereocenters. The Balaban J connectivity index is 2.51. The van der Waals surface area contributed by atoms with Crippen molar-refractivity contribution in [3.05, 3.63) is 29.8 Å². The maximum Gasteiger partial charge on any atom is 0.234 e. The Kier molecular flexibility index (Phi) is 5.37. The van der Waals surface area contributed by atoms with Gasteiger partial charge in [0.1, 0.15) is 17.3 Å². The molecule has 1 rings (SSSR count). The predicted octanol–water partition coefficient (Wildman–Crippen LogP) is 1.98. The summed E-state index contributed by atoms with van der Waals surface area (Å²) in [7, 11) is 0. The van der Waals surface area contributed by atoms with Crippen molar-refractivity contribution in [1.82, 2.24) is 0 Å². The monoisotopic (exact) mass is 260 g/mol. The van der Waals surface area contributed by atoms with Crippen LogP contribution in [0.3, 0.4) is 0 Å². The highest BCUT2D eigenvalue weighted by Gasteiger charge is 2.11. The van der Waals surface area contributed by atoms with Crippen molar-refractivity contribution >= 4 is 23.4 Å². The number of nitrogens with two attached hydrogens (primary N) is 1. The van der Waals surface area contributed by atoms with Crippen molar-refractivity contribution in [1.29, 1.82) is 0 Å². The van der Waals surface area contributed by atoms with Gasteiger partial charge < -0.3 is 11.1 Å². The van der Waals surface area contributed by atoms with Crippen LogP contribution in [0.15, 0.2) is 18.2 Å². The summed E-state index contributed by atoms with van der Waals surface area (Å²) < 4.78 is 26.4. The van der Waals surface area contributed by atoms with Crippen molar-refractivity contribution < 1.29 is 13.6 Å². The fourth-order valence-electron chi connectivity index (χ4n) is 1.13. The molecule has 0 saturated heterocycles. The molecule has 1 unspecified atom stereocenters. The topological polar surface area (TPSA) is 55.1 Å². The molecule has 3 nitrogen and oxygen atoms in total. The number of para-hydroxylation sites is 1. The highest BCUT2D eigenvalue weighted by Crippen LogP contribution is 2.18. The van der Waals surface area contributed by atoms with Crippen LogP contribution in [0.4, 0.5) is 14.5 Å². The maximum absolute atomic E-state index is 13.2. The standard InChI is InChI=1S/C11H14F2N2OS/c1-7(14)5-17-6-10(16)15-11-8(12)3-2-4-9(11)13/h2-4,7H,5-6,14H2,1H3,(H,15,16). The SMILES string of the molecule is CC(N)CSCC(=O)Nc1c(F)cccc1F. The van der Waals surface area contributed by atoms with E-state index in [0.29, 0.717) is 5.75 Å². The lowest BCUT2D eigenvalue weighted by molar-refractivity contribution is -0.113. The van der Waals surface area contributed by atoms with E-state index in [-0.39, 0.29) is 11.8 Å². The smallest absolute Gasteiger partial charge is 0.234 e. The lowest BCUT2D eigenvalue weighted by Crippen LogP contribution is -2.21. The number of rotatable bonds is 5. The fraction of sp³-hybridized carbons (Fsp3) is 0.364. The summed E-state index contributed by atoms with van der Waals surface area (Å²) in [6.07, 6.45) is 0. The average Bonchev–Trinajstić information content (AvgIpc) is 2.23. The van der Waals surface area contributed by atoms with E-state index in [4.69, 9.17) is 5.73 Å². The zero-order valence-corrected chi connectivity index (χ0v) is 10.2. The third kappa shape index (κ3) is 4.70. The minimum Gasteiger partial charge on any atom is -0.327 e. The summed E-state index contributed by atoms with van der Waals surface area (Å²) in [6.45, 7) is 1.82. The van der Waals surface area contributed by atoms with E-state index in [1.165, 1.54) is 17.8 Å². The van der Waals surface area contributed by atoms with E-state index in [1.54, 1.807) is 0 Å². The Bertz CT molecular complexity index is 379. The Morgan fingerprint density at radius 2 is 2.06 bits per heavy atom. The quantitative estimate of drug-likeness (QED) is 0.851. The summed E-state index contributed by atoms with van der Waals surface area (Å²) in [5.74, 6) is -1.27. The van der Waals surface area contributed by atoms with Gasteiger partial charge in [-0.05, 0) is 19.1 Å². The normalized spacial score (nSPS) is 12.2. The van der Waals surface area contributed by atoms with Crippen molar-refractivity contribution in [3.63, 3.8) is 0 Å². The molecule has 1 aromatic rings. The summed E-state index contributed by atoms with van der Waals surface area (Å²) in [6, 6.07) is 3.41. The van der Waals surface area contributed by atoms with Gasteiger partial charge >= 0.3 is 0 Å². The van der Waals surface area contributed by atoms with E-state index in [9.17, 15) is 13.6 Å². The lowest BCUT2D eigenvalue weighted by atomic mass is 10.3. The van der Waals surface area contributed by atoms with Gasteiger partial charge in [0.2, 0.25) is 5.91 Å². The largest absolute Gasteiger partial charge is 0.327 e. The van der Waals surface area contributed by atoms with Crippen molar-refractivity contribution in [2.24, 2.45) is 5.73 Å². The number of nitrogens with one attached hydrogen (secondary N) is 1. The molecule has 1 aromatic carbocycles. The van der Waals surface area contributed by atoms with Crippen LogP contribution < -0.4 is 11.1 Å². The fourth-order valence-corrected chi connectivity index (χ4v) is 1.88. The highest BCUT2D eigenvalue weighted by atomic mass is 32.2. The van der Waals surface area contributed by atoms with E-state index >= 15 is 0 Å². The van der Waals surface area contributed by atoms with E-state index in [1.807, 2.05) is 6.92 Å². The molecule has 3 N–H and O–H groups in total. The van der Waals surface area contributed by atoms with Crippen molar-refractivity contribution in [3.8, 4) is 0 Å². The molecular weight excluding hydrogens is 246 g/mol. The molecule has 6 heteroatoms. The molecular formula is C11H14F2N2OS. The molecule has 1 amide bonds. The van der Waals surface area contributed by atoms with Gasteiger partial charge in [0.15, 0.2) is 0 Å². The number of carbonyl (C=O) groups is 1. The van der Waals surface area contributed by atoms with Crippen LogP contribution in [0.2, 0.25) is 0 Å². The van der Waals surface area contributed by atoms with Crippen LogP contribution in [0.1, 0.15) is 6.92 Å². The Labute approximate surface area is 103 Å². The highest BCUT2D eigenvalue weighted by molar-refractivity contribution is 8.00. The third-order valence-electron chi connectivity index (χ3n) is 1.84. The summed E-state index contributed by atoms with van der Waals surface area (Å²) in [4.78, 5) is 11.4. The van der Waals surface area contributed by atoms with Crippen LogP contribution in [-0.2, 0) is 4.79 Å². The lowest BCUT2D eigenvalue weighted by Gasteiger charge is -2.08. The molecule has 0 fully saturated rings. The minimum atomic E-state index is -0.782. The van der Waals surface area contributed by atoms with Crippen LogP contribution in [0, 0.1) is 11.6 Å². The first-order chi connectivity index (χ1) is 8.00. The second kappa shape index (κ2) is 6.56. The molecule has 0 aliphatic carbocycles. The molecule has 0 radical (unpaired) electrons. The first kappa shape index (κ1) is 13.9. The molecule has 0 aliphatic heterocycles. The van der Waals surface area contributed by atoms with Gasteiger partial charge in [-0.2, -0.15) is 11.8 Å². The van der Waals surface area contributed by atoms with Gasteiger partial charge in [-0.1, -0.05) is 6.07 Å². The summed E-state index contributed by atoms with van der Waals surface area (Å²) in [5.41, 5.74) is 5.10. The maximum atomic E-state index is 13.2. The van der Waals surface area contributed by atoms with Crippen molar-refractivity contribution in [2.45, 2.75) is 13.0 Å². The van der Waals surface area contributed by atoms with E-state index in [2.05, 4.69) is 5.32 Å². The number of anilines is 1. The van der Waals surface area contributed by atoms with Gasteiger partial charge in [0, 0.05) is 11.8 Å². The van der Waals surface area contributed by atoms with E-state index in [0.717, 1.165) is 12.1 Å². The molecule has 0 aliphatic rings. The zero-order valence-electron chi connectivity index (χ0n) is 9.37. The Hall–Kier alpha value is -1.14. The first-order valence-electron chi connectivity index (χ1n) is 5.08. The zero-order chi connectivity index (χ0) is 12.8. The molecule has 0 heterocycles. The van der Waals surface area contributed by atoms with Gasteiger partial charge in [-0.25, -0.2) is 8.78 Å². The van der Waals surface area contributed by atoms with Crippen LogP contribution in [0.25, 0.3) is 0 Å². The molecule has 17 heavy (non-hydrogen) atoms. The number of carbonyl (C=O) groups excluding carboxylic acids is 1. The summed E-state index contributed by atoms with van der Waals surface area (Å²) >= 11 is 1.32. The van der Waals surface area contributed by atoms with Gasteiger partial charge in [0.25, 0.3) is 0 Å². The molecule has 0 aromatic heterocycles. The number of halogens is 2. The number of amides is 1. The number of hydrogen-bond acceptors (Lipinski definition) is 3. The second-order valence-electron chi connectivity index (χ2n) is 3.64. The number of benzene rings is 1. The molecule has 94 valence electrons. The van der Waals surface area contributed by atoms with Gasteiger partial charge in [-0.3, -0.25) is 4.79 Å². The van der Waals surface area contributed by atoms with Crippen molar-refractivity contribution in [2.75, 3.05) is 16.8 Å². The molecule has 0 spiro atoms. The average molecular weight is 260 g/mol. The van der Waals surface area contributed by atoms with Gasteiger partial charge in [-0.15, -0.1) is 0 Å². The predicted molar refractivity (Wildman–Crippen MR) is 66.0 cm³/mol. The Morgan fingerprint density at radius 3 is 2.59 bits per heavy atom. The first-order valence-corrected chi connectivity index (χ1v) is 6.23. The molecule has 0 bridgehead atoms.